The van der Waals surface area contributed by atoms with E-state index < -0.39 is 0 Å². The number of carbonyl (C=O) groups excluding carboxylic acids is 1. The molecule has 1 saturated heterocycles. The van der Waals surface area contributed by atoms with Crippen LogP contribution < -0.4 is 4.90 Å². The van der Waals surface area contributed by atoms with Gasteiger partial charge in [-0.15, -0.1) is 0 Å². The highest BCUT2D eigenvalue weighted by Crippen LogP contribution is 2.65. The van der Waals surface area contributed by atoms with E-state index in [-0.39, 0.29) is 5.41 Å². The molecular formula is C22H28BrClN2O. The first-order valence-electron chi connectivity index (χ1n) is 10.4. The highest BCUT2D eigenvalue weighted by Gasteiger charge is 2.57. The summed E-state index contributed by atoms with van der Waals surface area (Å²) in [5.41, 5.74) is 1.36. The summed E-state index contributed by atoms with van der Waals surface area (Å²) in [5, 5.41) is 0.800. The molecule has 0 radical (unpaired) electrons. The van der Waals surface area contributed by atoms with Gasteiger partial charge in [0.25, 0.3) is 0 Å². The Labute approximate surface area is 175 Å². The molecule has 3 nitrogen and oxygen atoms in total. The van der Waals surface area contributed by atoms with E-state index in [1.54, 1.807) is 0 Å². The summed E-state index contributed by atoms with van der Waals surface area (Å²) < 4.78 is 0.333. The molecule has 5 aliphatic rings. The highest BCUT2D eigenvalue weighted by atomic mass is 79.9. The van der Waals surface area contributed by atoms with Crippen molar-refractivity contribution >= 4 is 39.1 Å². The topological polar surface area (TPSA) is 23.6 Å². The second-order valence-electron chi connectivity index (χ2n) is 9.61. The molecule has 1 aromatic carbocycles. The van der Waals surface area contributed by atoms with Crippen molar-refractivity contribution in [2.75, 3.05) is 31.1 Å². The molecule has 1 heterocycles. The Balaban J connectivity index is 1.22. The summed E-state index contributed by atoms with van der Waals surface area (Å²) in [6.45, 7) is 3.37. The van der Waals surface area contributed by atoms with Crippen molar-refractivity contribution < 1.29 is 4.79 Å². The molecule has 0 N–H and O–H groups in total. The molecule has 2 unspecified atom stereocenters. The average Bonchev–Trinajstić information content (AvgIpc) is 2.60. The Hall–Kier alpha value is -0.740. The van der Waals surface area contributed by atoms with E-state index in [0.717, 1.165) is 55.1 Å². The zero-order valence-electron chi connectivity index (χ0n) is 15.8. The van der Waals surface area contributed by atoms with E-state index in [4.69, 9.17) is 11.6 Å². The van der Waals surface area contributed by atoms with Crippen LogP contribution in [0, 0.1) is 17.3 Å². The monoisotopic (exact) mass is 450 g/mol. The van der Waals surface area contributed by atoms with E-state index in [1.807, 2.05) is 18.2 Å². The van der Waals surface area contributed by atoms with Gasteiger partial charge in [0.15, 0.2) is 0 Å². The smallest absolute Gasteiger partial charge is 0.223 e. The highest BCUT2D eigenvalue weighted by molar-refractivity contribution is 9.10. The molecule has 4 bridgehead atoms. The lowest BCUT2D eigenvalue weighted by molar-refractivity contribution is -0.138. The number of halogens is 2. The molecule has 6 rings (SSSR count). The molecule has 1 aliphatic heterocycles. The lowest BCUT2D eigenvalue weighted by atomic mass is 9.48. The van der Waals surface area contributed by atoms with Crippen molar-refractivity contribution in [1.29, 1.82) is 0 Å². The van der Waals surface area contributed by atoms with Gasteiger partial charge < -0.3 is 9.80 Å². The first-order chi connectivity index (χ1) is 12.9. The van der Waals surface area contributed by atoms with Crippen molar-refractivity contribution in [2.45, 2.75) is 49.3 Å². The molecule has 1 aromatic rings. The molecule has 1 amide bonds. The third-order valence-corrected chi connectivity index (χ3v) is 8.71. The van der Waals surface area contributed by atoms with Crippen LogP contribution >= 0.6 is 27.5 Å². The second-order valence-corrected chi connectivity index (χ2v) is 11.7. The Kier molecular flexibility index (Phi) is 4.51. The van der Waals surface area contributed by atoms with Crippen molar-refractivity contribution in [1.82, 2.24) is 4.90 Å². The zero-order valence-corrected chi connectivity index (χ0v) is 18.1. The van der Waals surface area contributed by atoms with Crippen molar-refractivity contribution in [2.24, 2.45) is 17.3 Å². The standard InChI is InChI=1S/C22H28BrClN2O/c23-22-12-16-9-17(13-22)11-21(10-16,15-22)14-20(27)26-7-5-25(6-8-26)19-4-2-1-3-18(19)24/h1-4,16-17H,5-15H2. The van der Waals surface area contributed by atoms with Crippen LogP contribution in [-0.2, 0) is 4.79 Å². The minimum Gasteiger partial charge on any atom is -0.367 e. The van der Waals surface area contributed by atoms with Crippen LogP contribution in [0.15, 0.2) is 24.3 Å². The van der Waals surface area contributed by atoms with Gasteiger partial charge in [-0.05, 0) is 67.9 Å². The largest absolute Gasteiger partial charge is 0.367 e. The van der Waals surface area contributed by atoms with Crippen LogP contribution in [0.1, 0.15) is 44.9 Å². The second kappa shape index (κ2) is 6.66. The summed E-state index contributed by atoms with van der Waals surface area (Å²) in [7, 11) is 0. The number of benzene rings is 1. The van der Waals surface area contributed by atoms with E-state index in [0.29, 0.717) is 10.2 Å². The third-order valence-electron chi connectivity index (χ3n) is 7.46. The fraction of sp³-hybridized carbons (Fsp3) is 0.682. The van der Waals surface area contributed by atoms with Crippen molar-refractivity contribution in [3.05, 3.63) is 29.3 Å². The predicted octanol–water partition coefficient (Wildman–Crippen LogP) is 5.11. The molecule has 0 spiro atoms. The van der Waals surface area contributed by atoms with Gasteiger partial charge in [-0.2, -0.15) is 0 Å². The SMILES string of the molecule is O=C(CC12CC3CC(CC(Br)(C3)C1)C2)N1CCN(c2ccccc2Cl)CC1. The minimum absolute atomic E-state index is 0.268. The molecule has 4 saturated carbocycles. The molecule has 27 heavy (non-hydrogen) atoms. The summed E-state index contributed by atoms with van der Waals surface area (Å²) in [6.07, 6.45) is 8.59. The normalized spacial score (nSPS) is 37.7. The van der Waals surface area contributed by atoms with Crippen LogP contribution in [0.2, 0.25) is 5.02 Å². The maximum Gasteiger partial charge on any atom is 0.223 e. The summed E-state index contributed by atoms with van der Waals surface area (Å²) >= 11 is 10.4. The van der Waals surface area contributed by atoms with E-state index in [1.165, 1.54) is 38.5 Å². The van der Waals surface area contributed by atoms with Gasteiger partial charge in [0, 0.05) is 36.9 Å². The van der Waals surface area contributed by atoms with Gasteiger partial charge in [-0.25, -0.2) is 0 Å². The zero-order chi connectivity index (χ0) is 18.6. The summed E-state index contributed by atoms with van der Waals surface area (Å²) in [6, 6.07) is 8.01. The molecule has 5 heteroatoms. The Morgan fingerprint density at radius 1 is 1.07 bits per heavy atom. The van der Waals surface area contributed by atoms with Gasteiger partial charge in [0.2, 0.25) is 5.91 Å². The number of carbonyl (C=O) groups is 1. The minimum atomic E-state index is 0.268. The van der Waals surface area contributed by atoms with Crippen molar-refractivity contribution in [3.8, 4) is 0 Å². The molecule has 146 valence electrons. The number of piperazine rings is 1. The van der Waals surface area contributed by atoms with Crippen LogP contribution in [0.4, 0.5) is 5.69 Å². The van der Waals surface area contributed by atoms with E-state index in [2.05, 4.69) is 31.8 Å². The third kappa shape index (κ3) is 3.42. The number of amides is 1. The Morgan fingerprint density at radius 3 is 2.37 bits per heavy atom. The van der Waals surface area contributed by atoms with Crippen LogP contribution in [0.25, 0.3) is 0 Å². The first kappa shape index (κ1) is 18.3. The number of rotatable bonds is 3. The van der Waals surface area contributed by atoms with Crippen LogP contribution in [-0.4, -0.2) is 41.3 Å². The molecular weight excluding hydrogens is 424 g/mol. The summed E-state index contributed by atoms with van der Waals surface area (Å²) in [5.74, 6) is 2.07. The van der Waals surface area contributed by atoms with Crippen LogP contribution in [0.5, 0.6) is 0 Å². The number of para-hydroxylation sites is 1. The van der Waals surface area contributed by atoms with Gasteiger partial charge in [-0.1, -0.05) is 39.7 Å². The van der Waals surface area contributed by atoms with Crippen molar-refractivity contribution in [3.63, 3.8) is 0 Å². The first-order valence-corrected chi connectivity index (χ1v) is 11.6. The number of alkyl halides is 1. The maximum atomic E-state index is 13.2. The molecule has 2 atom stereocenters. The lowest BCUT2D eigenvalue weighted by Gasteiger charge is -2.60. The molecule has 5 fully saturated rings. The number of hydrogen-bond donors (Lipinski definition) is 0. The van der Waals surface area contributed by atoms with Gasteiger partial charge in [0.1, 0.15) is 0 Å². The van der Waals surface area contributed by atoms with Gasteiger partial charge in [0.05, 0.1) is 10.7 Å². The number of nitrogens with zero attached hydrogens (tertiary/aromatic N) is 2. The maximum absolute atomic E-state index is 13.2. The number of anilines is 1. The fourth-order valence-electron chi connectivity index (χ4n) is 6.88. The fourth-order valence-corrected chi connectivity index (χ4v) is 8.65. The lowest BCUT2D eigenvalue weighted by Crippen LogP contribution is -2.55. The molecule has 0 aromatic heterocycles. The van der Waals surface area contributed by atoms with Gasteiger partial charge in [-0.3, -0.25) is 4.79 Å². The van der Waals surface area contributed by atoms with E-state index >= 15 is 0 Å². The Bertz CT molecular complexity index is 732. The van der Waals surface area contributed by atoms with Crippen LogP contribution in [0.3, 0.4) is 0 Å². The Morgan fingerprint density at radius 2 is 1.74 bits per heavy atom. The quantitative estimate of drug-likeness (QED) is 0.596. The summed E-state index contributed by atoms with van der Waals surface area (Å²) in [4.78, 5) is 17.6. The van der Waals surface area contributed by atoms with Gasteiger partial charge >= 0.3 is 0 Å². The predicted molar refractivity (Wildman–Crippen MR) is 114 cm³/mol. The van der Waals surface area contributed by atoms with E-state index in [9.17, 15) is 4.79 Å². The average molecular weight is 452 g/mol. The molecule has 4 aliphatic carbocycles. The number of hydrogen-bond acceptors (Lipinski definition) is 2.